The molecule has 3 aromatic rings. The minimum absolute atomic E-state index is 0.0239. The molecular formula is C32H39ClN2O3. The van der Waals surface area contributed by atoms with E-state index >= 15 is 0 Å². The molecule has 0 aliphatic carbocycles. The molecule has 1 N–H and O–H groups in total. The summed E-state index contributed by atoms with van der Waals surface area (Å²) in [7, 11) is 0. The summed E-state index contributed by atoms with van der Waals surface area (Å²) >= 11 is 6.24. The minimum atomic E-state index is -0.713. The number of nitrogens with one attached hydrogen (secondary N) is 1. The van der Waals surface area contributed by atoms with Gasteiger partial charge in [-0.2, -0.15) is 0 Å². The van der Waals surface area contributed by atoms with Crippen molar-refractivity contribution in [3.8, 4) is 5.75 Å². The third-order valence-electron chi connectivity index (χ3n) is 6.28. The molecule has 0 aliphatic rings. The van der Waals surface area contributed by atoms with E-state index in [4.69, 9.17) is 16.3 Å². The summed E-state index contributed by atoms with van der Waals surface area (Å²) in [6, 6.07) is 24.2. The number of ether oxygens (including phenoxy) is 1. The fraction of sp³-hybridized carbons (Fsp3) is 0.375. The molecule has 0 spiro atoms. The van der Waals surface area contributed by atoms with E-state index in [0.29, 0.717) is 23.7 Å². The van der Waals surface area contributed by atoms with Crippen molar-refractivity contribution in [2.75, 3.05) is 13.2 Å². The molecule has 202 valence electrons. The number of hydrogen-bond donors (Lipinski definition) is 1. The van der Waals surface area contributed by atoms with Gasteiger partial charge in [0.25, 0.3) is 5.91 Å². The molecule has 0 fully saturated rings. The fourth-order valence-electron chi connectivity index (χ4n) is 4.09. The molecule has 0 aliphatic heterocycles. The van der Waals surface area contributed by atoms with Crippen molar-refractivity contribution in [2.45, 2.75) is 59.0 Å². The molecule has 6 heteroatoms. The van der Waals surface area contributed by atoms with Crippen molar-refractivity contribution in [1.29, 1.82) is 0 Å². The predicted octanol–water partition coefficient (Wildman–Crippen LogP) is 6.43. The van der Waals surface area contributed by atoms with E-state index in [-0.39, 0.29) is 36.3 Å². The fourth-order valence-corrected chi connectivity index (χ4v) is 4.30. The summed E-state index contributed by atoms with van der Waals surface area (Å²) in [6.07, 6.45) is 0.386. The van der Waals surface area contributed by atoms with Crippen LogP contribution in [0.2, 0.25) is 5.02 Å². The lowest BCUT2D eigenvalue weighted by Crippen LogP contribution is -2.52. The van der Waals surface area contributed by atoms with Gasteiger partial charge in [-0.15, -0.1) is 0 Å². The van der Waals surface area contributed by atoms with E-state index in [0.717, 1.165) is 11.1 Å². The van der Waals surface area contributed by atoms with Gasteiger partial charge in [0.1, 0.15) is 11.8 Å². The lowest BCUT2D eigenvalue weighted by molar-refractivity contribution is -0.142. The average Bonchev–Trinajstić information content (AvgIpc) is 2.88. The Kier molecular flexibility index (Phi) is 10.4. The normalized spacial score (nSPS) is 12.2. The maximum Gasteiger partial charge on any atom is 0.261 e. The number of halogens is 1. The van der Waals surface area contributed by atoms with Crippen LogP contribution in [0.1, 0.15) is 51.3 Å². The summed E-state index contributed by atoms with van der Waals surface area (Å²) in [5.41, 5.74) is 3.02. The van der Waals surface area contributed by atoms with Crippen LogP contribution in [0.3, 0.4) is 0 Å². The summed E-state index contributed by atoms with van der Waals surface area (Å²) in [5.74, 6) is 0.434. The Morgan fingerprint density at radius 2 is 1.58 bits per heavy atom. The zero-order chi connectivity index (χ0) is 27.7. The van der Waals surface area contributed by atoms with Gasteiger partial charge in [-0.1, -0.05) is 101 Å². The molecule has 38 heavy (non-hydrogen) atoms. The number of rotatable bonds is 11. The molecule has 0 aromatic heterocycles. The van der Waals surface area contributed by atoms with Crippen molar-refractivity contribution in [1.82, 2.24) is 10.2 Å². The van der Waals surface area contributed by atoms with Crippen molar-refractivity contribution < 1.29 is 14.3 Å². The molecule has 0 saturated heterocycles. The first-order valence-electron chi connectivity index (χ1n) is 13.1. The molecule has 0 saturated carbocycles. The first kappa shape index (κ1) is 29.2. The van der Waals surface area contributed by atoms with E-state index in [1.165, 1.54) is 5.56 Å². The first-order chi connectivity index (χ1) is 18.0. The molecule has 3 aromatic carbocycles. The van der Waals surface area contributed by atoms with Crippen LogP contribution in [0.15, 0.2) is 78.9 Å². The summed E-state index contributed by atoms with van der Waals surface area (Å²) in [4.78, 5) is 28.8. The summed E-state index contributed by atoms with van der Waals surface area (Å²) < 4.78 is 5.91. The van der Waals surface area contributed by atoms with Crippen LogP contribution in [-0.2, 0) is 28.0 Å². The molecule has 5 nitrogen and oxygen atoms in total. The monoisotopic (exact) mass is 534 g/mol. The number of nitrogens with zero attached hydrogens (tertiary/aromatic N) is 1. The van der Waals surface area contributed by atoms with E-state index in [1.54, 1.807) is 11.0 Å². The number of carbonyl (C=O) groups is 2. The van der Waals surface area contributed by atoms with Gasteiger partial charge in [0.2, 0.25) is 5.91 Å². The van der Waals surface area contributed by atoms with E-state index in [9.17, 15) is 9.59 Å². The zero-order valence-electron chi connectivity index (χ0n) is 23.0. The maximum absolute atomic E-state index is 13.7. The smallest absolute Gasteiger partial charge is 0.261 e. The van der Waals surface area contributed by atoms with Crippen LogP contribution >= 0.6 is 11.6 Å². The first-order valence-corrected chi connectivity index (χ1v) is 13.5. The van der Waals surface area contributed by atoms with E-state index < -0.39 is 6.04 Å². The van der Waals surface area contributed by atoms with Gasteiger partial charge in [0.05, 0.1) is 0 Å². The molecule has 0 bridgehead atoms. The van der Waals surface area contributed by atoms with Gasteiger partial charge in [0.15, 0.2) is 6.61 Å². The van der Waals surface area contributed by atoms with Crippen LogP contribution in [-0.4, -0.2) is 35.9 Å². The Balaban J connectivity index is 1.87. The Morgan fingerprint density at radius 3 is 2.18 bits per heavy atom. The summed E-state index contributed by atoms with van der Waals surface area (Å²) in [5, 5.41) is 3.61. The second-order valence-electron chi connectivity index (χ2n) is 11.1. The van der Waals surface area contributed by atoms with Gasteiger partial charge >= 0.3 is 0 Å². The molecule has 0 radical (unpaired) electrons. The summed E-state index contributed by atoms with van der Waals surface area (Å²) in [6.45, 7) is 11.1. The number of hydrogen-bond acceptors (Lipinski definition) is 3. The Bertz CT molecular complexity index is 1190. The zero-order valence-corrected chi connectivity index (χ0v) is 23.8. The van der Waals surface area contributed by atoms with Crippen LogP contribution in [0.5, 0.6) is 5.75 Å². The lowest BCUT2D eigenvalue weighted by Gasteiger charge is -2.31. The minimum Gasteiger partial charge on any atom is -0.484 e. The second-order valence-corrected chi connectivity index (χ2v) is 11.5. The third kappa shape index (κ3) is 8.91. The van der Waals surface area contributed by atoms with Gasteiger partial charge in [-0.05, 0) is 52.3 Å². The SMILES string of the molecule is CC(C)CNC(=O)C(Cc1ccccc1)N(Cc1cccc(Cl)c1)C(=O)COc1ccc(C(C)(C)C)cc1. The number of benzene rings is 3. The Labute approximate surface area is 232 Å². The molecular weight excluding hydrogens is 496 g/mol. The Morgan fingerprint density at radius 1 is 0.921 bits per heavy atom. The molecule has 2 amide bonds. The Hall–Kier alpha value is -3.31. The van der Waals surface area contributed by atoms with E-state index in [1.807, 2.05) is 86.6 Å². The van der Waals surface area contributed by atoms with Gasteiger partial charge in [-0.25, -0.2) is 0 Å². The highest BCUT2D eigenvalue weighted by atomic mass is 35.5. The largest absolute Gasteiger partial charge is 0.484 e. The molecule has 0 heterocycles. The van der Waals surface area contributed by atoms with Crippen LogP contribution in [0.4, 0.5) is 0 Å². The third-order valence-corrected chi connectivity index (χ3v) is 6.52. The van der Waals surface area contributed by atoms with Crippen molar-refractivity contribution >= 4 is 23.4 Å². The average molecular weight is 535 g/mol. The molecule has 1 atom stereocenters. The van der Waals surface area contributed by atoms with Crippen LogP contribution in [0.25, 0.3) is 0 Å². The standard InChI is InChI=1S/C32H39ClN2O3/c1-23(2)20-34-31(37)29(19-24-10-7-6-8-11-24)35(21-25-12-9-13-27(33)18-25)30(36)22-38-28-16-14-26(15-17-28)32(3,4)5/h6-18,23,29H,19-22H2,1-5H3,(H,34,37). The van der Waals surface area contributed by atoms with Crippen molar-refractivity contribution in [3.63, 3.8) is 0 Å². The molecule has 3 rings (SSSR count). The highest BCUT2D eigenvalue weighted by Gasteiger charge is 2.31. The molecule has 1 unspecified atom stereocenters. The quantitative estimate of drug-likeness (QED) is 0.308. The number of amides is 2. The topological polar surface area (TPSA) is 58.6 Å². The van der Waals surface area contributed by atoms with Crippen molar-refractivity contribution in [2.24, 2.45) is 5.92 Å². The van der Waals surface area contributed by atoms with Gasteiger partial charge in [0, 0.05) is 24.5 Å². The number of carbonyl (C=O) groups excluding carboxylic acids is 2. The highest BCUT2D eigenvalue weighted by molar-refractivity contribution is 6.30. The second kappa shape index (κ2) is 13.5. The highest BCUT2D eigenvalue weighted by Crippen LogP contribution is 2.24. The maximum atomic E-state index is 13.7. The van der Waals surface area contributed by atoms with Crippen LogP contribution in [0, 0.1) is 5.92 Å². The van der Waals surface area contributed by atoms with Crippen LogP contribution < -0.4 is 10.1 Å². The van der Waals surface area contributed by atoms with E-state index in [2.05, 4.69) is 26.1 Å². The predicted molar refractivity (Wildman–Crippen MR) is 154 cm³/mol. The van der Waals surface area contributed by atoms with Gasteiger partial charge < -0.3 is 15.0 Å². The lowest BCUT2D eigenvalue weighted by atomic mass is 9.87. The van der Waals surface area contributed by atoms with Gasteiger partial charge in [-0.3, -0.25) is 9.59 Å². The van der Waals surface area contributed by atoms with Crippen molar-refractivity contribution in [3.05, 3.63) is 101 Å².